The monoisotopic (exact) mass is 465 g/mol. The average molecular weight is 466 g/mol. The molecule has 1 heterocycles. The van der Waals surface area contributed by atoms with Gasteiger partial charge in [-0.2, -0.15) is 33.4 Å². The first-order chi connectivity index (χ1) is 14.3. The Labute approximate surface area is 187 Å². The molecule has 1 unspecified atom stereocenters. The van der Waals surface area contributed by atoms with E-state index in [4.69, 9.17) is 23.8 Å². The number of hydrogen-bond acceptors (Lipinski definition) is 4. The predicted octanol–water partition coefficient (Wildman–Crippen LogP) is 5.38. The van der Waals surface area contributed by atoms with Gasteiger partial charge in [0.15, 0.2) is 5.54 Å². The number of hydrogen-bond donors (Lipinski definition) is 1. The average Bonchev–Trinajstić information content (AvgIpc) is 3.07. The molecule has 31 heavy (non-hydrogen) atoms. The molecule has 0 aliphatic rings. The Balaban J connectivity index is 1.92. The second kappa shape index (κ2) is 8.09. The van der Waals surface area contributed by atoms with Crippen LogP contribution in [0.2, 0.25) is 5.02 Å². The Morgan fingerprint density at radius 3 is 2.26 bits per heavy atom. The van der Waals surface area contributed by atoms with Crippen LogP contribution in [0.15, 0.2) is 42.5 Å². The van der Waals surface area contributed by atoms with Crippen molar-refractivity contribution in [1.82, 2.24) is 20.3 Å². The molecule has 0 radical (unpaired) electrons. The van der Waals surface area contributed by atoms with Gasteiger partial charge in [-0.05, 0) is 30.3 Å². The standard InChI is InChI=1S/C21H19ClF3N5S/c1-19(2,3)20(11-26,12-30-28-16-9-8-15(22)10-17(16)29-30)27-18(31)13-4-6-14(7-5-13)21(23,24)25/h4-10H,12H2,1-3H3,(H,27,31). The smallest absolute Gasteiger partial charge is 0.356 e. The van der Waals surface area contributed by atoms with E-state index in [-0.39, 0.29) is 11.5 Å². The zero-order valence-electron chi connectivity index (χ0n) is 17.0. The zero-order chi connectivity index (χ0) is 23.0. The van der Waals surface area contributed by atoms with E-state index in [1.54, 1.807) is 18.2 Å². The summed E-state index contributed by atoms with van der Waals surface area (Å²) in [6.45, 7) is 5.63. The summed E-state index contributed by atoms with van der Waals surface area (Å²) in [5.74, 6) is 0. The van der Waals surface area contributed by atoms with E-state index in [9.17, 15) is 18.4 Å². The van der Waals surface area contributed by atoms with Crippen LogP contribution in [0.25, 0.3) is 11.0 Å². The zero-order valence-corrected chi connectivity index (χ0v) is 18.5. The highest BCUT2D eigenvalue weighted by Crippen LogP contribution is 2.33. The fraction of sp³-hybridized carbons (Fsp3) is 0.333. The molecule has 0 saturated heterocycles. The molecular weight excluding hydrogens is 447 g/mol. The molecule has 2 aromatic carbocycles. The lowest BCUT2D eigenvalue weighted by Gasteiger charge is -2.40. The van der Waals surface area contributed by atoms with Gasteiger partial charge < -0.3 is 5.32 Å². The van der Waals surface area contributed by atoms with Crippen LogP contribution in [-0.4, -0.2) is 25.5 Å². The van der Waals surface area contributed by atoms with Crippen molar-refractivity contribution in [2.75, 3.05) is 0 Å². The molecule has 0 spiro atoms. The molecule has 3 aromatic rings. The van der Waals surface area contributed by atoms with E-state index in [0.717, 1.165) is 12.1 Å². The summed E-state index contributed by atoms with van der Waals surface area (Å²) in [4.78, 5) is 1.56. The Morgan fingerprint density at radius 1 is 1.10 bits per heavy atom. The van der Waals surface area contributed by atoms with Crippen molar-refractivity contribution in [2.24, 2.45) is 5.41 Å². The van der Waals surface area contributed by atoms with E-state index < -0.39 is 22.7 Å². The third-order valence-corrected chi connectivity index (χ3v) is 5.61. The number of nitriles is 1. The summed E-state index contributed by atoms with van der Waals surface area (Å²) in [6, 6.07) is 11.9. The lowest BCUT2D eigenvalue weighted by Crippen LogP contribution is -2.58. The van der Waals surface area contributed by atoms with Gasteiger partial charge in [0.1, 0.15) is 16.0 Å². The number of thiocarbonyl (C=S) groups is 1. The Morgan fingerprint density at radius 2 is 1.71 bits per heavy atom. The van der Waals surface area contributed by atoms with Crippen LogP contribution in [0, 0.1) is 16.7 Å². The molecular formula is C21H19ClF3N5S. The Bertz CT molecular complexity index is 1160. The summed E-state index contributed by atoms with van der Waals surface area (Å²) in [5, 5.41) is 22.5. The van der Waals surface area contributed by atoms with E-state index in [1.807, 2.05) is 20.8 Å². The number of rotatable bonds is 4. The summed E-state index contributed by atoms with van der Waals surface area (Å²) >= 11 is 11.4. The van der Waals surface area contributed by atoms with Gasteiger partial charge >= 0.3 is 6.18 Å². The Kier molecular flexibility index (Phi) is 6.00. The van der Waals surface area contributed by atoms with E-state index in [0.29, 0.717) is 21.6 Å². The number of aromatic nitrogens is 3. The van der Waals surface area contributed by atoms with Crippen LogP contribution in [-0.2, 0) is 12.7 Å². The van der Waals surface area contributed by atoms with Crippen LogP contribution in [0.5, 0.6) is 0 Å². The van der Waals surface area contributed by atoms with Crippen molar-refractivity contribution in [3.05, 3.63) is 58.6 Å². The molecule has 0 amide bonds. The molecule has 10 heteroatoms. The minimum Gasteiger partial charge on any atom is -0.356 e. The third-order valence-electron chi connectivity index (χ3n) is 5.03. The van der Waals surface area contributed by atoms with Gasteiger partial charge in [-0.15, -0.1) is 0 Å². The van der Waals surface area contributed by atoms with Gasteiger partial charge in [-0.1, -0.05) is 56.7 Å². The predicted molar refractivity (Wildman–Crippen MR) is 117 cm³/mol. The first-order valence-corrected chi connectivity index (χ1v) is 10.0. The van der Waals surface area contributed by atoms with Crippen molar-refractivity contribution < 1.29 is 13.2 Å². The van der Waals surface area contributed by atoms with Gasteiger partial charge in [0.2, 0.25) is 0 Å². The van der Waals surface area contributed by atoms with Crippen molar-refractivity contribution in [3.63, 3.8) is 0 Å². The van der Waals surface area contributed by atoms with Crippen molar-refractivity contribution in [1.29, 1.82) is 5.26 Å². The maximum absolute atomic E-state index is 12.8. The maximum atomic E-state index is 12.8. The van der Waals surface area contributed by atoms with Crippen LogP contribution in [0.1, 0.15) is 31.9 Å². The topological polar surface area (TPSA) is 66.5 Å². The van der Waals surface area contributed by atoms with E-state index in [2.05, 4.69) is 21.6 Å². The quantitative estimate of drug-likeness (QED) is 0.524. The molecule has 1 aromatic heterocycles. The normalized spacial score (nSPS) is 14.1. The summed E-state index contributed by atoms with van der Waals surface area (Å²) in [5.41, 5.74) is -1.07. The second-order valence-electron chi connectivity index (χ2n) is 8.16. The molecule has 1 N–H and O–H groups in total. The molecule has 0 fully saturated rings. The number of halogens is 4. The lowest BCUT2D eigenvalue weighted by atomic mass is 9.74. The molecule has 0 bridgehead atoms. The minimum absolute atomic E-state index is 0.0556. The van der Waals surface area contributed by atoms with Crippen molar-refractivity contribution >= 4 is 39.8 Å². The summed E-state index contributed by atoms with van der Waals surface area (Å²) in [6.07, 6.45) is -4.44. The van der Waals surface area contributed by atoms with E-state index >= 15 is 0 Å². The van der Waals surface area contributed by atoms with Gasteiger partial charge in [-0.3, -0.25) is 0 Å². The number of benzene rings is 2. The number of fused-ring (bicyclic) bond motifs is 1. The minimum atomic E-state index is -4.44. The van der Waals surface area contributed by atoms with Crippen LogP contribution in [0.4, 0.5) is 13.2 Å². The largest absolute Gasteiger partial charge is 0.416 e. The van der Waals surface area contributed by atoms with Crippen LogP contribution < -0.4 is 5.32 Å². The lowest BCUT2D eigenvalue weighted by molar-refractivity contribution is -0.137. The SMILES string of the molecule is CC(C)(C)C(C#N)(Cn1nc2ccc(Cl)cc2n1)NC(=S)c1ccc(C(F)(F)F)cc1. The molecule has 0 aliphatic heterocycles. The fourth-order valence-corrected chi connectivity index (χ4v) is 3.46. The Hall–Kier alpha value is -2.70. The summed E-state index contributed by atoms with van der Waals surface area (Å²) in [7, 11) is 0. The second-order valence-corrected chi connectivity index (χ2v) is 9.00. The molecule has 0 aliphatic carbocycles. The molecule has 1 atom stereocenters. The van der Waals surface area contributed by atoms with E-state index in [1.165, 1.54) is 16.9 Å². The molecule has 3 rings (SSSR count). The number of nitrogens with zero attached hydrogens (tertiary/aromatic N) is 4. The fourth-order valence-electron chi connectivity index (χ4n) is 2.99. The molecule has 162 valence electrons. The maximum Gasteiger partial charge on any atom is 0.416 e. The highest BCUT2D eigenvalue weighted by Gasteiger charge is 2.44. The number of nitrogens with one attached hydrogen (secondary N) is 1. The van der Waals surface area contributed by atoms with Crippen molar-refractivity contribution in [2.45, 2.75) is 39.0 Å². The van der Waals surface area contributed by atoms with Gasteiger partial charge in [0.05, 0.1) is 18.2 Å². The van der Waals surface area contributed by atoms with Gasteiger partial charge in [-0.25, -0.2) is 0 Å². The third kappa shape index (κ3) is 4.81. The highest BCUT2D eigenvalue weighted by molar-refractivity contribution is 7.80. The first kappa shape index (κ1) is 23.0. The van der Waals surface area contributed by atoms with Gasteiger partial charge in [0.25, 0.3) is 0 Å². The highest BCUT2D eigenvalue weighted by atomic mass is 35.5. The van der Waals surface area contributed by atoms with Crippen molar-refractivity contribution in [3.8, 4) is 6.07 Å². The van der Waals surface area contributed by atoms with Crippen LogP contribution >= 0.6 is 23.8 Å². The number of alkyl halides is 3. The first-order valence-electron chi connectivity index (χ1n) is 9.26. The van der Waals surface area contributed by atoms with Crippen LogP contribution in [0.3, 0.4) is 0 Å². The van der Waals surface area contributed by atoms with Gasteiger partial charge in [0, 0.05) is 16.0 Å². The molecule has 0 saturated carbocycles. The molecule has 5 nitrogen and oxygen atoms in total. The summed E-state index contributed by atoms with van der Waals surface area (Å²) < 4.78 is 38.5.